The lowest BCUT2D eigenvalue weighted by Gasteiger charge is -2.24. The molecule has 114 valence electrons. The lowest BCUT2D eigenvalue weighted by Crippen LogP contribution is -2.41. The third-order valence-corrected chi connectivity index (χ3v) is 6.28. The Morgan fingerprint density at radius 2 is 1.90 bits per heavy atom. The Labute approximate surface area is 118 Å². The Morgan fingerprint density at radius 1 is 1.25 bits per heavy atom. The van der Waals surface area contributed by atoms with Gasteiger partial charge in [-0.15, -0.1) is 0 Å². The van der Waals surface area contributed by atoms with Gasteiger partial charge in [0.05, 0.1) is 16.9 Å². The first-order valence-corrected chi connectivity index (χ1v) is 8.86. The lowest BCUT2D eigenvalue weighted by molar-refractivity contribution is -0.148. The topological polar surface area (TPSA) is 101 Å². The number of carboxylic acids is 1. The summed E-state index contributed by atoms with van der Waals surface area (Å²) in [4.78, 5) is 23.2. The number of carbonyl (C=O) groups is 2. The Morgan fingerprint density at radius 3 is 2.40 bits per heavy atom. The van der Waals surface area contributed by atoms with Crippen LogP contribution in [0.15, 0.2) is 0 Å². The number of sulfone groups is 1. The molecule has 0 aromatic rings. The second kappa shape index (κ2) is 5.71. The largest absolute Gasteiger partial charge is 0.481 e. The SMILES string of the molecule is O=C(CC1CCS(=O)(=O)C1)NCC1(C(=O)O)CCCC1. The van der Waals surface area contributed by atoms with Crippen LogP contribution in [0.25, 0.3) is 0 Å². The van der Waals surface area contributed by atoms with Gasteiger partial charge < -0.3 is 10.4 Å². The average molecular weight is 303 g/mol. The Balaban J connectivity index is 1.82. The molecule has 1 aliphatic carbocycles. The summed E-state index contributed by atoms with van der Waals surface area (Å²) >= 11 is 0. The third kappa shape index (κ3) is 3.50. The summed E-state index contributed by atoms with van der Waals surface area (Å²) in [6.07, 6.45) is 3.65. The van der Waals surface area contributed by atoms with Crippen LogP contribution in [0.3, 0.4) is 0 Å². The Kier molecular flexibility index (Phi) is 4.36. The number of carboxylic acid groups (broad SMARTS) is 1. The smallest absolute Gasteiger partial charge is 0.311 e. The van der Waals surface area contributed by atoms with E-state index in [4.69, 9.17) is 0 Å². The molecule has 2 fully saturated rings. The van der Waals surface area contributed by atoms with Crippen LogP contribution in [0.2, 0.25) is 0 Å². The maximum Gasteiger partial charge on any atom is 0.311 e. The first-order valence-electron chi connectivity index (χ1n) is 7.04. The summed E-state index contributed by atoms with van der Waals surface area (Å²) in [6, 6.07) is 0. The molecule has 1 unspecified atom stereocenters. The number of hydrogen-bond donors (Lipinski definition) is 2. The van der Waals surface area contributed by atoms with Crippen molar-refractivity contribution in [1.82, 2.24) is 5.32 Å². The molecule has 1 heterocycles. The highest BCUT2D eigenvalue weighted by Gasteiger charge is 2.41. The zero-order valence-electron chi connectivity index (χ0n) is 11.4. The molecule has 6 nitrogen and oxygen atoms in total. The molecular weight excluding hydrogens is 282 g/mol. The summed E-state index contributed by atoms with van der Waals surface area (Å²) < 4.78 is 22.6. The molecule has 1 saturated heterocycles. The molecule has 20 heavy (non-hydrogen) atoms. The molecule has 1 saturated carbocycles. The number of rotatable bonds is 5. The van der Waals surface area contributed by atoms with Crippen molar-refractivity contribution >= 4 is 21.7 Å². The molecule has 0 radical (unpaired) electrons. The van der Waals surface area contributed by atoms with E-state index in [1.54, 1.807) is 0 Å². The zero-order chi connectivity index (χ0) is 14.8. The van der Waals surface area contributed by atoms with Crippen LogP contribution in [0.5, 0.6) is 0 Å². The van der Waals surface area contributed by atoms with Gasteiger partial charge >= 0.3 is 5.97 Å². The molecule has 0 aromatic heterocycles. The van der Waals surface area contributed by atoms with E-state index in [0.29, 0.717) is 19.3 Å². The molecule has 0 aromatic carbocycles. The van der Waals surface area contributed by atoms with E-state index in [1.807, 2.05) is 0 Å². The van der Waals surface area contributed by atoms with Gasteiger partial charge in [-0.1, -0.05) is 12.8 Å². The molecule has 7 heteroatoms. The highest BCUT2D eigenvalue weighted by atomic mass is 32.2. The molecule has 2 rings (SSSR count). The van der Waals surface area contributed by atoms with E-state index in [9.17, 15) is 23.1 Å². The molecule has 1 amide bonds. The molecule has 2 N–H and O–H groups in total. The minimum absolute atomic E-state index is 0.0739. The van der Waals surface area contributed by atoms with Crippen LogP contribution >= 0.6 is 0 Å². The van der Waals surface area contributed by atoms with Gasteiger partial charge in [0.2, 0.25) is 5.91 Å². The fourth-order valence-corrected chi connectivity index (χ4v) is 5.02. The van der Waals surface area contributed by atoms with E-state index in [1.165, 1.54) is 0 Å². The molecule has 0 spiro atoms. The van der Waals surface area contributed by atoms with Crippen molar-refractivity contribution in [1.29, 1.82) is 0 Å². The fourth-order valence-electron chi connectivity index (χ4n) is 3.15. The van der Waals surface area contributed by atoms with Crippen LogP contribution in [0, 0.1) is 11.3 Å². The van der Waals surface area contributed by atoms with Crippen molar-refractivity contribution in [3.05, 3.63) is 0 Å². The number of carbonyl (C=O) groups excluding carboxylic acids is 1. The van der Waals surface area contributed by atoms with E-state index in [2.05, 4.69) is 5.32 Å². The van der Waals surface area contributed by atoms with Gasteiger partial charge in [-0.05, 0) is 25.2 Å². The summed E-state index contributed by atoms with van der Waals surface area (Å²) in [5.74, 6) is -0.975. The molecule has 1 atom stereocenters. The summed E-state index contributed by atoms with van der Waals surface area (Å²) in [5, 5.41) is 12.0. The van der Waals surface area contributed by atoms with Gasteiger partial charge in [-0.2, -0.15) is 0 Å². The lowest BCUT2D eigenvalue weighted by atomic mass is 9.86. The summed E-state index contributed by atoms with van der Waals surface area (Å²) in [7, 11) is -2.97. The van der Waals surface area contributed by atoms with Crippen LogP contribution in [0.1, 0.15) is 38.5 Å². The van der Waals surface area contributed by atoms with Gasteiger partial charge in [-0.25, -0.2) is 8.42 Å². The van der Waals surface area contributed by atoms with Crippen LogP contribution in [0.4, 0.5) is 0 Å². The van der Waals surface area contributed by atoms with Crippen LogP contribution in [-0.4, -0.2) is 43.5 Å². The van der Waals surface area contributed by atoms with Gasteiger partial charge in [0.15, 0.2) is 9.84 Å². The van der Waals surface area contributed by atoms with Gasteiger partial charge in [0.1, 0.15) is 0 Å². The quantitative estimate of drug-likeness (QED) is 0.773. The average Bonchev–Trinajstić information content (AvgIpc) is 2.94. The molecule has 0 bridgehead atoms. The normalized spacial score (nSPS) is 27.3. The number of aliphatic carboxylic acids is 1. The van der Waals surface area contributed by atoms with Gasteiger partial charge in [0, 0.05) is 13.0 Å². The highest BCUT2D eigenvalue weighted by Crippen LogP contribution is 2.37. The van der Waals surface area contributed by atoms with E-state index >= 15 is 0 Å². The van der Waals surface area contributed by atoms with Crippen molar-refractivity contribution in [2.24, 2.45) is 11.3 Å². The number of amides is 1. The maximum atomic E-state index is 11.8. The molecule has 2 aliphatic rings. The third-order valence-electron chi connectivity index (χ3n) is 4.44. The minimum Gasteiger partial charge on any atom is -0.481 e. The standard InChI is InChI=1S/C13H21NO5S/c15-11(7-10-3-6-20(18,19)8-10)14-9-13(12(16)17)4-1-2-5-13/h10H,1-9H2,(H,14,15)(H,16,17). The van der Waals surface area contributed by atoms with Gasteiger partial charge in [0.25, 0.3) is 0 Å². The zero-order valence-corrected chi connectivity index (χ0v) is 12.2. The van der Waals surface area contributed by atoms with Crippen LogP contribution < -0.4 is 5.32 Å². The van der Waals surface area contributed by atoms with Crippen molar-refractivity contribution in [3.63, 3.8) is 0 Å². The highest BCUT2D eigenvalue weighted by molar-refractivity contribution is 7.91. The first kappa shape index (κ1) is 15.3. The number of hydrogen-bond acceptors (Lipinski definition) is 4. The van der Waals surface area contributed by atoms with Crippen molar-refractivity contribution < 1.29 is 23.1 Å². The minimum atomic E-state index is -2.97. The second-order valence-corrected chi connectivity index (χ2v) is 8.27. The van der Waals surface area contributed by atoms with E-state index < -0.39 is 21.2 Å². The van der Waals surface area contributed by atoms with Crippen LogP contribution in [-0.2, 0) is 19.4 Å². The monoisotopic (exact) mass is 303 g/mol. The summed E-state index contributed by atoms with van der Waals surface area (Å²) in [6.45, 7) is 0.153. The Bertz CT molecular complexity index is 493. The molecule has 1 aliphatic heterocycles. The first-order chi connectivity index (χ1) is 9.33. The van der Waals surface area contributed by atoms with Crippen molar-refractivity contribution in [3.8, 4) is 0 Å². The second-order valence-electron chi connectivity index (χ2n) is 6.04. The predicted octanol–water partition coefficient (Wildman–Crippen LogP) is 0.572. The van der Waals surface area contributed by atoms with Crippen molar-refractivity contribution in [2.75, 3.05) is 18.1 Å². The maximum absolute atomic E-state index is 11.8. The Hall–Kier alpha value is -1.11. The van der Waals surface area contributed by atoms with E-state index in [0.717, 1.165) is 12.8 Å². The summed E-state index contributed by atoms with van der Waals surface area (Å²) in [5.41, 5.74) is -0.822. The van der Waals surface area contributed by atoms with Gasteiger partial charge in [-0.3, -0.25) is 9.59 Å². The van der Waals surface area contributed by atoms with Crippen molar-refractivity contribution in [2.45, 2.75) is 38.5 Å². The molecular formula is C13H21NO5S. The fraction of sp³-hybridized carbons (Fsp3) is 0.846. The predicted molar refractivity (Wildman–Crippen MR) is 72.9 cm³/mol. The number of nitrogens with one attached hydrogen (secondary N) is 1. The van der Waals surface area contributed by atoms with E-state index in [-0.39, 0.29) is 36.3 Å².